The minimum absolute atomic E-state index is 0.154. The van der Waals surface area contributed by atoms with Crippen LogP contribution in [0.4, 0.5) is 0 Å². The highest BCUT2D eigenvalue weighted by molar-refractivity contribution is 8.01. The van der Waals surface area contributed by atoms with E-state index in [0.29, 0.717) is 0 Å². The normalized spacial score (nSPS) is 29.9. The van der Waals surface area contributed by atoms with E-state index in [1.54, 1.807) is 20.8 Å². The number of carboxylic acid groups (broad SMARTS) is 2. The number of β-lactam (4-membered cyclic amide) rings is 1. The SMILES string of the molecule is CC(C)(C)C(=O)O.CC1(C)S[C@@H]2[C@H](N)C(=O)N2[C@H]1C(=O)O. The van der Waals surface area contributed by atoms with E-state index in [1.165, 1.54) is 16.7 Å². The highest BCUT2D eigenvalue weighted by atomic mass is 32.2. The molecule has 0 saturated carbocycles. The molecule has 0 radical (unpaired) electrons. The molecule has 2 saturated heterocycles. The molecule has 2 aliphatic heterocycles. The van der Waals surface area contributed by atoms with Crippen LogP contribution in [0.15, 0.2) is 0 Å². The summed E-state index contributed by atoms with van der Waals surface area (Å²) in [7, 11) is 0. The molecule has 120 valence electrons. The van der Waals surface area contributed by atoms with Crippen LogP contribution in [-0.2, 0) is 14.4 Å². The molecule has 2 rings (SSSR count). The standard InChI is InChI=1S/C8H12N2O3S.C5H10O2/c1-8(2)4(7(12)13)10-5(11)3(9)6(10)14-8;1-5(2,3)4(6)7/h3-4,6H,9H2,1-2H3,(H,12,13);1-3H3,(H,6,7)/t3-,4+,6-;/m1./s1. The number of carbonyl (C=O) groups excluding carboxylic acids is 1. The van der Waals surface area contributed by atoms with Crippen molar-refractivity contribution in [2.45, 2.75) is 56.8 Å². The van der Waals surface area contributed by atoms with Crippen molar-refractivity contribution in [3.8, 4) is 0 Å². The van der Waals surface area contributed by atoms with Gasteiger partial charge in [-0.2, -0.15) is 0 Å². The predicted molar refractivity (Wildman–Crippen MR) is 78.8 cm³/mol. The molecule has 7 nitrogen and oxygen atoms in total. The fraction of sp³-hybridized carbons (Fsp3) is 0.769. The Balaban J connectivity index is 0.000000270. The van der Waals surface area contributed by atoms with Crippen molar-refractivity contribution in [3.63, 3.8) is 0 Å². The number of rotatable bonds is 1. The number of carboxylic acids is 2. The van der Waals surface area contributed by atoms with Gasteiger partial charge in [-0.1, -0.05) is 0 Å². The quantitative estimate of drug-likeness (QED) is 0.605. The molecule has 1 amide bonds. The molecule has 8 heteroatoms. The smallest absolute Gasteiger partial charge is 0.327 e. The summed E-state index contributed by atoms with van der Waals surface area (Å²) in [5, 5.41) is 17.1. The number of fused-ring (bicyclic) bond motifs is 1. The van der Waals surface area contributed by atoms with Gasteiger partial charge in [0.15, 0.2) is 0 Å². The maximum absolute atomic E-state index is 11.4. The molecule has 0 aromatic carbocycles. The molecule has 0 aromatic heterocycles. The molecule has 2 fully saturated rings. The molecule has 0 bridgehead atoms. The minimum atomic E-state index is -0.953. The summed E-state index contributed by atoms with van der Waals surface area (Å²) in [4.78, 5) is 33.8. The lowest BCUT2D eigenvalue weighted by Crippen LogP contribution is -2.68. The van der Waals surface area contributed by atoms with Crippen molar-refractivity contribution in [2.24, 2.45) is 11.1 Å². The highest BCUT2D eigenvalue weighted by Gasteiger charge is 2.62. The molecule has 2 heterocycles. The largest absolute Gasteiger partial charge is 0.481 e. The van der Waals surface area contributed by atoms with Crippen LogP contribution in [0.3, 0.4) is 0 Å². The molecule has 0 spiro atoms. The Bertz CT molecular complexity index is 472. The first kappa shape index (κ1) is 17.8. The minimum Gasteiger partial charge on any atom is -0.481 e. The Morgan fingerprint density at radius 1 is 1.29 bits per heavy atom. The Labute approximate surface area is 127 Å². The molecule has 4 N–H and O–H groups in total. The van der Waals surface area contributed by atoms with E-state index < -0.39 is 34.2 Å². The maximum Gasteiger partial charge on any atom is 0.327 e. The lowest BCUT2D eigenvalue weighted by Gasteiger charge is -2.41. The summed E-state index contributed by atoms with van der Waals surface area (Å²) in [6, 6.07) is -1.27. The van der Waals surface area contributed by atoms with Gasteiger partial charge in [0, 0.05) is 4.75 Å². The van der Waals surface area contributed by atoms with Gasteiger partial charge >= 0.3 is 11.9 Å². The van der Waals surface area contributed by atoms with Crippen LogP contribution in [-0.4, -0.2) is 55.2 Å². The molecule has 3 atom stereocenters. The van der Waals surface area contributed by atoms with E-state index >= 15 is 0 Å². The summed E-state index contributed by atoms with van der Waals surface area (Å²) in [6.45, 7) is 8.64. The first-order chi connectivity index (χ1) is 9.30. The molecular formula is C13H22N2O5S. The number of hydrogen-bond acceptors (Lipinski definition) is 5. The maximum atomic E-state index is 11.4. The number of hydrogen-bond donors (Lipinski definition) is 3. The topological polar surface area (TPSA) is 121 Å². The summed E-state index contributed by atoms with van der Waals surface area (Å²) >= 11 is 1.47. The van der Waals surface area contributed by atoms with Crippen LogP contribution < -0.4 is 5.73 Å². The third kappa shape index (κ3) is 3.32. The van der Waals surface area contributed by atoms with Gasteiger partial charge in [0.2, 0.25) is 5.91 Å². The van der Waals surface area contributed by atoms with Crippen LogP contribution in [0.2, 0.25) is 0 Å². The van der Waals surface area contributed by atoms with E-state index in [1.807, 2.05) is 13.8 Å². The fourth-order valence-electron chi connectivity index (χ4n) is 2.04. The summed E-state index contributed by atoms with van der Waals surface area (Å²) in [6.07, 6.45) is 0. The van der Waals surface area contributed by atoms with Crippen molar-refractivity contribution in [3.05, 3.63) is 0 Å². The molecule has 21 heavy (non-hydrogen) atoms. The zero-order valence-corrected chi connectivity index (χ0v) is 13.6. The zero-order valence-electron chi connectivity index (χ0n) is 12.8. The van der Waals surface area contributed by atoms with Gasteiger partial charge < -0.3 is 20.8 Å². The average Bonchev–Trinajstić information content (AvgIpc) is 2.57. The lowest BCUT2D eigenvalue weighted by molar-refractivity contribution is -0.159. The van der Waals surface area contributed by atoms with Gasteiger partial charge in [-0.3, -0.25) is 9.59 Å². The van der Waals surface area contributed by atoms with E-state index in [-0.39, 0.29) is 11.3 Å². The zero-order chi connectivity index (χ0) is 16.7. The van der Waals surface area contributed by atoms with Crippen LogP contribution in [0.25, 0.3) is 0 Å². The van der Waals surface area contributed by atoms with Gasteiger partial charge in [-0.05, 0) is 34.6 Å². The Morgan fingerprint density at radius 3 is 2.05 bits per heavy atom. The molecule has 0 aliphatic carbocycles. The number of thioether (sulfide) groups is 1. The van der Waals surface area contributed by atoms with Crippen molar-refractivity contribution in [1.82, 2.24) is 4.90 Å². The second-order valence-electron chi connectivity index (χ2n) is 6.68. The van der Waals surface area contributed by atoms with Gasteiger partial charge in [0.1, 0.15) is 17.5 Å². The van der Waals surface area contributed by atoms with Crippen LogP contribution in [0, 0.1) is 5.41 Å². The fourth-order valence-corrected chi connectivity index (χ4v) is 3.61. The molecule has 2 aliphatic rings. The number of aliphatic carboxylic acids is 2. The highest BCUT2D eigenvalue weighted by Crippen LogP contribution is 2.50. The van der Waals surface area contributed by atoms with Gasteiger partial charge in [-0.15, -0.1) is 11.8 Å². The van der Waals surface area contributed by atoms with Crippen LogP contribution >= 0.6 is 11.8 Å². The van der Waals surface area contributed by atoms with Crippen molar-refractivity contribution < 1.29 is 24.6 Å². The van der Waals surface area contributed by atoms with Crippen LogP contribution in [0.1, 0.15) is 34.6 Å². The van der Waals surface area contributed by atoms with Gasteiger partial charge in [0.05, 0.1) is 5.41 Å². The first-order valence-corrected chi connectivity index (χ1v) is 7.40. The van der Waals surface area contributed by atoms with E-state index in [4.69, 9.17) is 15.9 Å². The molecule has 0 unspecified atom stereocenters. The molecule has 0 aromatic rings. The van der Waals surface area contributed by atoms with E-state index in [2.05, 4.69) is 0 Å². The average molecular weight is 318 g/mol. The van der Waals surface area contributed by atoms with Crippen LogP contribution in [0.5, 0.6) is 0 Å². The van der Waals surface area contributed by atoms with Crippen molar-refractivity contribution in [1.29, 1.82) is 0 Å². The summed E-state index contributed by atoms with van der Waals surface area (Å²) in [5.74, 6) is -1.96. The lowest BCUT2D eigenvalue weighted by atomic mass is 9.96. The third-order valence-corrected chi connectivity index (χ3v) is 4.95. The Morgan fingerprint density at radius 2 is 1.71 bits per heavy atom. The number of carbonyl (C=O) groups is 3. The second kappa shape index (κ2) is 5.49. The number of nitrogens with zero attached hydrogens (tertiary/aromatic N) is 1. The Kier molecular flexibility index (Phi) is 4.65. The number of nitrogens with two attached hydrogens (primary N) is 1. The van der Waals surface area contributed by atoms with Gasteiger partial charge in [0.25, 0.3) is 0 Å². The molecular weight excluding hydrogens is 296 g/mol. The third-order valence-electron chi connectivity index (χ3n) is 3.36. The van der Waals surface area contributed by atoms with Crippen molar-refractivity contribution >= 4 is 29.6 Å². The number of amides is 1. The monoisotopic (exact) mass is 318 g/mol. The predicted octanol–water partition coefficient (Wildman–Crippen LogP) is 0.578. The van der Waals surface area contributed by atoms with Crippen molar-refractivity contribution in [2.75, 3.05) is 0 Å². The van der Waals surface area contributed by atoms with Gasteiger partial charge in [-0.25, -0.2) is 4.79 Å². The summed E-state index contributed by atoms with van der Waals surface area (Å²) in [5.41, 5.74) is 5.00. The van der Waals surface area contributed by atoms with E-state index in [9.17, 15) is 14.4 Å². The summed E-state index contributed by atoms with van der Waals surface area (Å²) < 4.78 is -0.458. The second-order valence-corrected chi connectivity index (χ2v) is 8.45. The Hall–Kier alpha value is -1.28. The van der Waals surface area contributed by atoms with E-state index in [0.717, 1.165) is 0 Å². The first-order valence-electron chi connectivity index (χ1n) is 6.52.